The lowest BCUT2D eigenvalue weighted by Gasteiger charge is -2.17. The van der Waals surface area contributed by atoms with Gasteiger partial charge in [-0.1, -0.05) is 188 Å². The Labute approximate surface area is 354 Å². The average Bonchev–Trinajstić information content (AvgIpc) is 3.68. The fraction of sp³-hybridized carbons (Fsp3) is 0. The fourth-order valence-electron chi connectivity index (χ4n) is 8.26. The molecule has 0 bridgehead atoms. The zero-order valence-corrected chi connectivity index (χ0v) is 33.1. The Morgan fingerprint density at radius 1 is 0.262 bits per heavy atom. The van der Waals surface area contributed by atoms with E-state index < -0.39 is 0 Å². The molecule has 0 amide bonds. The lowest BCUT2D eigenvalue weighted by Crippen LogP contribution is -2.03. The molecule has 61 heavy (non-hydrogen) atoms. The summed E-state index contributed by atoms with van der Waals surface area (Å²) in [5.74, 6) is 1.27. The second-order valence-electron chi connectivity index (χ2n) is 15.1. The molecular formula is C56H37N5. The van der Waals surface area contributed by atoms with Crippen molar-refractivity contribution in [3.05, 3.63) is 224 Å². The maximum atomic E-state index is 5.40. The lowest BCUT2D eigenvalue weighted by molar-refractivity contribution is 1.13. The van der Waals surface area contributed by atoms with Crippen LogP contribution in [0.25, 0.3) is 106 Å². The molecule has 5 heteroatoms. The van der Waals surface area contributed by atoms with Gasteiger partial charge >= 0.3 is 0 Å². The van der Waals surface area contributed by atoms with Crippen LogP contribution in [0.15, 0.2) is 224 Å². The summed E-state index contributed by atoms with van der Waals surface area (Å²) in [5.41, 5.74) is 14.6. The first-order chi connectivity index (χ1) is 30.2. The Hall–Kier alpha value is -8.28. The summed E-state index contributed by atoms with van der Waals surface area (Å²) in [6, 6.07) is 77.9. The highest BCUT2D eigenvalue weighted by atomic mass is 15.0. The van der Waals surface area contributed by atoms with Crippen LogP contribution in [0, 0.1) is 0 Å². The van der Waals surface area contributed by atoms with Gasteiger partial charge < -0.3 is 4.57 Å². The maximum Gasteiger partial charge on any atom is 0.162 e. The Balaban J connectivity index is 1.21. The molecule has 0 aliphatic carbocycles. The zero-order chi connectivity index (χ0) is 40.5. The highest BCUT2D eigenvalue weighted by molar-refractivity contribution is 6.10. The van der Waals surface area contributed by atoms with Crippen LogP contribution >= 0.6 is 0 Å². The summed E-state index contributed by atoms with van der Waals surface area (Å²) in [4.78, 5) is 21.1. The third-order valence-electron chi connectivity index (χ3n) is 11.2. The average molecular weight is 780 g/mol. The van der Waals surface area contributed by atoms with Crippen molar-refractivity contribution in [2.75, 3.05) is 0 Å². The highest BCUT2D eigenvalue weighted by Crippen LogP contribution is 2.40. The summed E-state index contributed by atoms with van der Waals surface area (Å²) in [6.45, 7) is 0. The summed E-state index contributed by atoms with van der Waals surface area (Å²) in [6.07, 6.45) is 0. The van der Waals surface area contributed by atoms with Crippen LogP contribution < -0.4 is 0 Å². The van der Waals surface area contributed by atoms with E-state index in [0.29, 0.717) is 11.6 Å². The van der Waals surface area contributed by atoms with Crippen LogP contribution in [0.3, 0.4) is 0 Å². The van der Waals surface area contributed by atoms with Crippen molar-refractivity contribution < 1.29 is 0 Å². The van der Waals surface area contributed by atoms with E-state index in [-0.39, 0.29) is 0 Å². The molecule has 0 saturated carbocycles. The van der Waals surface area contributed by atoms with E-state index in [1.807, 2.05) is 48.5 Å². The molecule has 11 aromatic rings. The van der Waals surface area contributed by atoms with Gasteiger partial charge in [-0.05, 0) is 47.5 Å². The van der Waals surface area contributed by atoms with Crippen molar-refractivity contribution in [3.8, 4) is 84.6 Å². The van der Waals surface area contributed by atoms with E-state index >= 15 is 0 Å². The van der Waals surface area contributed by atoms with E-state index in [2.05, 4.69) is 180 Å². The van der Waals surface area contributed by atoms with Gasteiger partial charge in [0.1, 0.15) is 0 Å². The smallest absolute Gasteiger partial charge is 0.162 e. The molecule has 0 aliphatic rings. The molecule has 11 rings (SSSR count). The molecule has 5 nitrogen and oxygen atoms in total. The molecule has 286 valence electrons. The van der Waals surface area contributed by atoms with E-state index in [1.165, 1.54) is 10.8 Å². The number of rotatable bonds is 8. The second-order valence-corrected chi connectivity index (χ2v) is 15.1. The number of fused-ring (bicyclic) bond motifs is 3. The SMILES string of the molecule is c1ccc(-c2ccc3c4ccccc4n(-c4ccc(-c5cc(-c6ccccc6)nc(-c6ccccc6)n5)cc4-c4nc(-c5ccccc5)cc(-c5ccccc5)n4)c3c2)cc1. The van der Waals surface area contributed by atoms with E-state index in [0.717, 1.165) is 84.0 Å². The summed E-state index contributed by atoms with van der Waals surface area (Å²) in [7, 11) is 0. The first-order valence-electron chi connectivity index (χ1n) is 20.5. The Kier molecular flexibility index (Phi) is 9.10. The Morgan fingerprint density at radius 2 is 0.689 bits per heavy atom. The molecule has 3 heterocycles. The van der Waals surface area contributed by atoms with Crippen molar-refractivity contribution >= 4 is 21.8 Å². The Bertz CT molecular complexity index is 3210. The summed E-state index contributed by atoms with van der Waals surface area (Å²) >= 11 is 0. The topological polar surface area (TPSA) is 56.5 Å². The van der Waals surface area contributed by atoms with Crippen LogP contribution in [0.5, 0.6) is 0 Å². The van der Waals surface area contributed by atoms with E-state index in [9.17, 15) is 0 Å². The van der Waals surface area contributed by atoms with Gasteiger partial charge in [0.25, 0.3) is 0 Å². The number of hydrogen-bond donors (Lipinski definition) is 0. The van der Waals surface area contributed by atoms with Gasteiger partial charge in [0.15, 0.2) is 11.6 Å². The molecule has 3 aromatic heterocycles. The molecule has 0 spiro atoms. The molecule has 0 atom stereocenters. The van der Waals surface area contributed by atoms with Crippen LogP contribution in [0.4, 0.5) is 0 Å². The van der Waals surface area contributed by atoms with Gasteiger partial charge in [0.05, 0.1) is 39.5 Å². The van der Waals surface area contributed by atoms with Gasteiger partial charge in [-0.2, -0.15) is 0 Å². The normalized spacial score (nSPS) is 11.3. The number of para-hydroxylation sites is 1. The third kappa shape index (κ3) is 6.84. The van der Waals surface area contributed by atoms with Crippen molar-refractivity contribution in [3.63, 3.8) is 0 Å². The van der Waals surface area contributed by atoms with Gasteiger partial charge in [-0.15, -0.1) is 0 Å². The molecule has 0 fully saturated rings. The minimum atomic E-state index is 0.614. The fourth-order valence-corrected chi connectivity index (χ4v) is 8.26. The van der Waals surface area contributed by atoms with E-state index in [1.54, 1.807) is 0 Å². The minimum Gasteiger partial charge on any atom is -0.308 e. The third-order valence-corrected chi connectivity index (χ3v) is 11.2. The monoisotopic (exact) mass is 779 g/mol. The molecule has 0 radical (unpaired) electrons. The van der Waals surface area contributed by atoms with Crippen molar-refractivity contribution in [2.24, 2.45) is 0 Å². The zero-order valence-electron chi connectivity index (χ0n) is 33.1. The molecule has 8 aromatic carbocycles. The predicted octanol–water partition coefficient (Wildman–Crippen LogP) is 14.0. The molecule has 0 unspecified atom stereocenters. The molecule has 0 aliphatic heterocycles. The van der Waals surface area contributed by atoms with Gasteiger partial charge in [-0.25, -0.2) is 19.9 Å². The van der Waals surface area contributed by atoms with Crippen LogP contribution in [-0.2, 0) is 0 Å². The number of nitrogens with zero attached hydrogens (tertiary/aromatic N) is 5. The van der Waals surface area contributed by atoms with Gasteiger partial charge in [0, 0.05) is 44.2 Å². The maximum absolute atomic E-state index is 5.40. The number of benzene rings is 8. The number of hydrogen-bond acceptors (Lipinski definition) is 4. The first-order valence-corrected chi connectivity index (χ1v) is 20.5. The summed E-state index contributed by atoms with van der Waals surface area (Å²) < 4.78 is 2.38. The number of aromatic nitrogens is 5. The van der Waals surface area contributed by atoms with Crippen molar-refractivity contribution in [1.29, 1.82) is 0 Å². The quantitative estimate of drug-likeness (QED) is 0.154. The molecule has 0 N–H and O–H groups in total. The van der Waals surface area contributed by atoms with Gasteiger partial charge in [-0.3, -0.25) is 0 Å². The summed E-state index contributed by atoms with van der Waals surface area (Å²) in [5, 5.41) is 2.34. The molecular weight excluding hydrogens is 743 g/mol. The largest absolute Gasteiger partial charge is 0.308 e. The minimum absolute atomic E-state index is 0.614. The highest BCUT2D eigenvalue weighted by Gasteiger charge is 2.21. The van der Waals surface area contributed by atoms with Crippen LogP contribution in [0.1, 0.15) is 0 Å². The molecule has 0 saturated heterocycles. The van der Waals surface area contributed by atoms with Gasteiger partial charge in [0.2, 0.25) is 0 Å². The predicted molar refractivity (Wildman–Crippen MR) is 250 cm³/mol. The standard InChI is InChI=1S/C56H37N5/c1-6-18-38(19-7-1)43-30-32-46-45-28-16-17-29-52(45)61(54(46)35-43)53-33-31-44(51-37-48(39-20-8-2-9-21-39)57-55(58-51)42-26-14-5-15-27-42)34-47(53)56-59-49(40-22-10-3-11-23-40)36-50(60-56)41-24-12-4-13-25-41/h1-37H. The first kappa shape index (κ1) is 35.8. The van der Waals surface area contributed by atoms with E-state index in [4.69, 9.17) is 19.9 Å². The van der Waals surface area contributed by atoms with Crippen LogP contribution in [0.2, 0.25) is 0 Å². The lowest BCUT2D eigenvalue weighted by atomic mass is 10.0. The second kappa shape index (κ2) is 15.5. The van der Waals surface area contributed by atoms with Crippen molar-refractivity contribution in [2.45, 2.75) is 0 Å². The Morgan fingerprint density at radius 3 is 1.25 bits per heavy atom. The van der Waals surface area contributed by atoms with Crippen LogP contribution in [-0.4, -0.2) is 24.5 Å². The van der Waals surface area contributed by atoms with Crippen molar-refractivity contribution in [1.82, 2.24) is 24.5 Å².